The van der Waals surface area contributed by atoms with Gasteiger partial charge >= 0.3 is 6.03 Å². The minimum Gasteiger partial charge on any atom is -0.338 e. The first-order valence-corrected chi connectivity index (χ1v) is 9.11. The van der Waals surface area contributed by atoms with Crippen LogP contribution in [0.4, 0.5) is 4.79 Å². The number of aromatic nitrogens is 1. The summed E-state index contributed by atoms with van der Waals surface area (Å²) in [7, 11) is 0. The first kappa shape index (κ1) is 17.7. The molecule has 0 unspecified atom stereocenters. The number of carbonyl (C=O) groups is 2. The number of amides is 3. The highest BCUT2D eigenvalue weighted by atomic mass is 32.1. The fraction of sp³-hybridized carbons (Fsp3) is 0.688. The Balaban J connectivity index is 1.78. The third-order valence-corrected chi connectivity index (χ3v) is 5.30. The Morgan fingerprint density at radius 3 is 2.91 bits per heavy atom. The Hall–Kier alpha value is -1.63. The summed E-state index contributed by atoms with van der Waals surface area (Å²) < 4.78 is 0. The van der Waals surface area contributed by atoms with Gasteiger partial charge in [-0.05, 0) is 39.5 Å². The molecule has 0 aliphatic carbocycles. The summed E-state index contributed by atoms with van der Waals surface area (Å²) in [6, 6.07) is -0.590. The number of urea groups is 1. The van der Waals surface area contributed by atoms with Gasteiger partial charge < -0.3 is 15.5 Å². The molecule has 1 aromatic rings. The Morgan fingerprint density at radius 1 is 1.48 bits per heavy atom. The molecule has 2 rings (SSSR count). The summed E-state index contributed by atoms with van der Waals surface area (Å²) in [6.07, 6.45) is 6.03. The molecular formula is C16H26N4O2S. The van der Waals surface area contributed by atoms with Crippen molar-refractivity contribution in [3.63, 3.8) is 0 Å². The van der Waals surface area contributed by atoms with E-state index in [1.165, 1.54) is 11.3 Å². The molecule has 0 spiro atoms. The minimum absolute atomic E-state index is 0.00475. The van der Waals surface area contributed by atoms with Crippen molar-refractivity contribution in [3.05, 3.63) is 16.1 Å². The molecule has 2 N–H and O–H groups in total. The zero-order valence-corrected chi connectivity index (χ0v) is 14.9. The maximum Gasteiger partial charge on any atom is 0.315 e. The molecule has 2 atom stereocenters. The van der Waals surface area contributed by atoms with Crippen molar-refractivity contribution in [1.29, 1.82) is 0 Å². The van der Waals surface area contributed by atoms with E-state index in [0.717, 1.165) is 30.8 Å². The van der Waals surface area contributed by atoms with E-state index >= 15 is 0 Å². The summed E-state index contributed by atoms with van der Waals surface area (Å²) in [4.78, 5) is 31.7. The average Bonchev–Trinajstić information content (AvgIpc) is 3.01. The lowest BCUT2D eigenvalue weighted by Gasteiger charge is -2.35. The molecule has 1 aromatic heterocycles. The Bertz CT molecular complexity index is 546. The van der Waals surface area contributed by atoms with Crippen LogP contribution in [0.1, 0.15) is 49.9 Å². The van der Waals surface area contributed by atoms with Crippen LogP contribution >= 0.6 is 11.3 Å². The second-order valence-corrected chi connectivity index (χ2v) is 7.20. The van der Waals surface area contributed by atoms with E-state index in [2.05, 4.69) is 29.5 Å². The second-order valence-electron chi connectivity index (χ2n) is 6.00. The van der Waals surface area contributed by atoms with E-state index in [1.807, 2.05) is 11.1 Å². The summed E-state index contributed by atoms with van der Waals surface area (Å²) in [5.41, 5.74) is 0. The minimum atomic E-state index is -0.516. The number of aryl methyl sites for hydroxylation is 1. The van der Waals surface area contributed by atoms with Crippen molar-refractivity contribution in [2.75, 3.05) is 6.54 Å². The number of thiazole rings is 1. The number of nitrogens with one attached hydrogen (secondary N) is 2. The molecule has 0 saturated carbocycles. The number of nitrogens with zero attached hydrogens (tertiary/aromatic N) is 2. The van der Waals surface area contributed by atoms with Crippen molar-refractivity contribution in [3.8, 4) is 0 Å². The maximum atomic E-state index is 12.4. The second kappa shape index (κ2) is 8.29. The van der Waals surface area contributed by atoms with Crippen LogP contribution in [-0.4, -0.2) is 40.5 Å². The van der Waals surface area contributed by atoms with E-state index in [4.69, 9.17) is 0 Å². The van der Waals surface area contributed by atoms with Crippen LogP contribution in [0.15, 0.2) is 6.20 Å². The number of hydrogen-bond donors (Lipinski definition) is 2. The van der Waals surface area contributed by atoms with Gasteiger partial charge in [-0.15, -0.1) is 11.3 Å². The molecule has 6 nitrogen and oxygen atoms in total. The van der Waals surface area contributed by atoms with Crippen LogP contribution < -0.4 is 10.6 Å². The molecule has 3 amide bonds. The number of piperidine rings is 1. The monoisotopic (exact) mass is 338 g/mol. The fourth-order valence-corrected chi connectivity index (χ4v) is 3.53. The van der Waals surface area contributed by atoms with Gasteiger partial charge in [0.25, 0.3) is 0 Å². The Morgan fingerprint density at radius 2 is 2.26 bits per heavy atom. The van der Waals surface area contributed by atoms with Crippen molar-refractivity contribution < 1.29 is 9.59 Å². The largest absolute Gasteiger partial charge is 0.338 e. The predicted octanol–water partition coefficient (Wildman–Crippen LogP) is 2.29. The standard InChI is InChI=1S/C16H26N4O2S/c1-4-13-9-17-14(23-13)10-18-16(22)19-12(3)15(21)20-8-6-5-7-11(20)2/h9,11-12H,4-8,10H2,1-3H3,(H2,18,19,22)/t11-,12+/m0/s1. The van der Waals surface area contributed by atoms with Gasteiger partial charge in [-0.3, -0.25) is 4.79 Å². The lowest BCUT2D eigenvalue weighted by Crippen LogP contribution is -2.53. The van der Waals surface area contributed by atoms with Crippen LogP contribution in [-0.2, 0) is 17.8 Å². The highest BCUT2D eigenvalue weighted by Crippen LogP contribution is 2.17. The van der Waals surface area contributed by atoms with E-state index in [0.29, 0.717) is 6.54 Å². The Kier molecular flexibility index (Phi) is 6.38. The van der Waals surface area contributed by atoms with Crippen molar-refractivity contribution in [2.24, 2.45) is 0 Å². The summed E-state index contributed by atoms with van der Waals surface area (Å²) in [5, 5.41) is 6.36. The van der Waals surface area contributed by atoms with Gasteiger partial charge in [-0.2, -0.15) is 0 Å². The average molecular weight is 338 g/mol. The molecule has 1 saturated heterocycles. The summed E-state index contributed by atoms with van der Waals surface area (Å²) >= 11 is 1.59. The highest BCUT2D eigenvalue weighted by molar-refractivity contribution is 7.11. The lowest BCUT2D eigenvalue weighted by molar-refractivity contribution is -0.136. The fourth-order valence-electron chi connectivity index (χ4n) is 2.73. The van der Waals surface area contributed by atoms with Crippen molar-refractivity contribution in [1.82, 2.24) is 20.5 Å². The molecule has 0 bridgehead atoms. The molecular weight excluding hydrogens is 312 g/mol. The van der Waals surface area contributed by atoms with Gasteiger partial charge in [-0.25, -0.2) is 9.78 Å². The first-order valence-electron chi connectivity index (χ1n) is 8.29. The number of likely N-dealkylation sites (tertiary alicyclic amines) is 1. The van der Waals surface area contributed by atoms with Crippen LogP contribution in [0.5, 0.6) is 0 Å². The van der Waals surface area contributed by atoms with Crippen molar-refractivity contribution in [2.45, 2.75) is 65.1 Å². The van der Waals surface area contributed by atoms with E-state index in [1.54, 1.807) is 18.3 Å². The normalized spacial score (nSPS) is 19.3. The zero-order valence-electron chi connectivity index (χ0n) is 14.1. The number of hydrogen-bond acceptors (Lipinski definition) is 4. The van der Waals surface area contributed by atoms with Gasteiger partial charge in [0, 0.05) is 23.7 Å². The quantitative estimate of drug-likeness (QED) is 0.865. The van der Waals surface area contributed by atoms with E-state index < -0.39 is 6.04 Å². The van der Waals surface area contributed by atoms with Crippen LogP contribution in [0, 0.1) is 0 Å². The van der Waals surface area contributed by atoms with Gasteiger partial charge in [0.05, 0.1) is 6.54 Å². The lowest BCUT2D eigenvalue weighted by atomic mass is 10.0. The summed E-state index contributed by atoms with van der Waals surface area (Å²) in [6.45, 7) is 7.05. The van der Waals surface area contributed by atoms with E-state index in [9.17, 15) is 9.59 Å². The van der Waals surface area contributed by atoms with Gasteiger partial charge in [0.15, 0.2) is 0 Å². The SMILES string of the molecule is CCc1cnc(CNC(=O)N[C@H](C)C(=O)N2CCCC[C@@H]2C)s1. The molecule has 7 heteroatoms. The molecule has 23 heavy (non-hydrogen) atoms. The third kappa shape index (κ3) is 4.92. The number of rotatable bonds is 5. The molecule has 0 aromatic carbocycles. The van der Waals surface area contributed by atoms with Gasteiger partial charge in [0.1, 0.15) is 11.0 Å². The van der Waals surface area contributed by atoms with Gasteiger partial charge in [-0.1, -0.05) is 6.92 Å². The summed E-state index contributed by atoms with van der Waals surface area (Å²) in [5.74, 6) is -0.00475. The highest BCUT2D eigenvalue weighted by Gasteiger charge is 2.27. The smallest absolute Gasteiger partial charge is 0.315 e. The molecule has 1 aliphatic heterocycles. The first-order chi connectivity index (χ1) is 11.0. The van der Waals surface area contributed by atoms with Crippen molar-refractivity contribution >= 4 is 23.3 Å². The molecule has 0 radical (unpaired) electrons. The Labute approximate surface area is 141 Å². The topological polar surface area (TPSA) is 74.3 Å². The molecule has 1 aliphatic rings. The number of carbonyl (C=O) groups excluding carboxylic acids is 2. The molecule has 128 valence electrons. The molecule has 2 heterocycles. The van der Waals surface area contributed by atoms with Crippen LogP contribution in [0.2, 0.25) is 0 Å². The van der Waals surface area contributed by atoms with E-state index in [-0.39, 0.29) is 18.0 Å². The third-order valence-electron chi connectivity index (χ3n) is 4.15. The van der Waals surface area contributed by atoms with Crippen LogP contribution in [0.3, 0.4) is 0 Å². The maximum absolute atomic E-state index is 12.4. The van der Waals surface area contributed by atoms with Crippen LogP contribution in [0.25, 0.3) is 0 Å². The zero-order chi connectivity index (χ0) is 16.8. The molecule has 1 fully saturated rings. The van der Waals surface area contributed by atoms with Gasteiger partial charge in [0.2, 0.25) is 5.91 Å². The predicted molar refractivity (Wildman–Crippen MR) is 91.4 cm³/mol.